The lowest BCUT2D eigenvalue weighted by Gasteiger charge is -2.25. The van der Waals surface area contributed by atoms with Crippen LogP contribution in [0.3, 0.4) is 0 Å². The van der Waals surface area contributed by atoms with Gasteiger partial charge < -0.3 is 9.47 Å². The van der Waals surface area contributed by atoms with Crippen molar-refractivity contribution in [3.05, 3.63) is 29.8 Å². The highest BCUT2D eigenvalue weighted by Gasteiger charge is 2.34. The van der Waals surface area contributed by atoms with Crippen molar-refractivity contribution < 1.29 is 13.7 Å². The Hall–Kier alpha value is -1.15. The Morgan fingerprint density at radius 1 is 1.19 bits per heavy atom. The summed E-state index contributed by atoms with van der Waals surface area (Å²) in [6.07, 6.45) is 3.27. The second-order valence-corrected chi connectivity index (χ2v) is 6.43. The van der Waals surface area contributed by atoms with Crippen molar-refractivity contribution >= 4 is 10.8 Å². The average Bonchev–Trinajstić information content (AvgIpc) is 2.93. The van der Waals surface area contributed by atoms with Crippen LogP contribution in [0.2, 0.25) is 0 Å². The maximum absolute atomic E-state index is 12.0. The molecule has 2 rings (SSSR count). The molecule has 1 aromatic carbocycles. The van der Waals surface area contributed by atoms with E-state index in [0.29, 0.717) is 19.6 Å². The Morgan fingerprint density at radius 2 is 1.86 bits per heavy atom. The number of ether oxygens (including phenoxy) is 2. The first-order chi connectivity index (χ1) is 10.2. The molecule has 0 saturated carbocycles. The number of aryl methyl sites for hydroxylation is 1. The molecule has 1 atom stereocenters. The van der Waals surface area contributed by atoms with Crippen molar-refractivity contribution in [2.75, 3.05) is 13.2 Å². The monoisotopic (exact) mass is 306 g/mol. The van der Waals surface area contributed by atoms with Crippen molar-refractivity contribution in [1.82, 2.24) is 0 Å². The molecule has 0 aliphatic carbocycles. The average molecular weight is 306 g/mol. The fraction of sp³-hybridized carbons (Fsp3) is 0.529. The summed E-state index contributed by atoms with van der Waals surface area (Å²) >= 11 is 0. The van der Waals surface area contributed by atoms with Crippen LogP contribution in [0.25, 0.3) is 0 Å². The van der Waals surface area contributed by atoms with Gasteiger partial charge in [-0.15, -0.1) is 0 Å². The van der Waals surface area contributed by atoms with Gasteiger partial charge in [-0.2, -0.15) is 0 Å². The number of benzene rings is 1. The van der Waals surface area contributed by atoms with E-state index >= 15 is 0 Å². The van der Waals surface area contributed by atoms with E-state index in [0.717, 1.165) is 29.7 Å². The van der Waals surface area contributed by atoms with Crippen LogP contribution < -0.4 is 0 Å². The lowest BCUT2D eigenvalue weighted by molar-refractivity contribution is -0.165. The third kappa shape index (κ3) is 4.67. The molecule has 0 bridgehead atoms. The summed E-state index contributed by atoms with van der Waals surface area (Å²) in [6, 6.07) is 7.63. The van der Waals surface area contributed by atoms with Crippen molar-refractivity contribution in [2.45, 2.75) is 50.2 Å². The summed E-state index contributed by atoms with van der Waals surface area (Å²) in [4.78, 5) is 0.754. The van der Waals surface area contributed by atoms with Gasteiger partial charge in [0, 0.05) is 24.5 Å². The fourth-order valence-corrected chi connectivity index (χ4v) is 3.12. The second-order valence-electron chi connectivity index (χ2n) is 5.22. The topological polar surface area (TPSA) is 35.5 Å². The van der Waals surface area contributed by atoms with Crippen LogP contribution in [0.15, 0.2) is 29.2 Å². The predicted molar refractivity (Wildman–Crippen MR) is 84.1 cm³/mol. The van der Waals surface area contributed by atoms with E-state index in [-0.39, 0.29) is 0 Å². The molecule has 0 spiro atoms. The minimum atomic E-state index is -1.25. The summed E-state index contributed by atoms with van der Waals surface area (Å²) in [7, 11) is -1.25. The fourth-order valence-electron chi connectivity index (χ4n) is 2.38. The highest BCUT2D eigenvalue weighted by atomic mass is 32.2. The summed E-state index contributed by atoms with van der Waals surface area (Å²) in [5, 5.41) is 2.81. The van der Waals surface area contributed by atoms with Gasteiger partial charge in [0.25, 0.3) is 0 Å². The van der Waals surface area contributed by atoms with E-state index in [4.69, 9.17) is 9.47 Å². The Balaban J connectivity index is 1.88. The Labute approximate surface area is 129 Å². The van der Waals surface area contributed by atoms with Gasteiger partial charge in [-0.25, -0.2) is 4.21 Å². The van der Waals surface area contributed by atoms with E-state index in [2.05, 4.69) is 18.1 Å². The van der Waals surface area contributed by atoms with E-state index in [1.165, 1.54) is 0 Å². The molecule has 0 unspecified atom stereocenters. The minimum absolute atomic E-state index is 0.464. The van der Waals surface area contributed by atoms with Crippen molar-refractivity contribution in [3.8, 4) is 11.2 Å². The van der Waals surface area contributed by atoms with Gasteiger partial charge in [-0.05, 0) is 19.1 Å². The standard InChI is InChI=1S/C17H22O3S/c1-3-10-17(19-12-13-20-17)11-4-5-14-21(18)16-8-6-15(2)7-9-16/h6-9H,3-4,10-13H2,1-2H3/t21-/m1/s1. The summed E-state index contributed by atoms with van der Waals surface area (Å²) in [5.74, 6) is 2.53. The lowest BCUT2D eigenvalue weighted by Crippen LogP contribution is -2.29. The molecule has 0 amide bonds. The highest BCUT2D eigenvalue weighted by Crippen LogP contribution is 2.29. The smallest absolute Gasteiger partial charge is 0.169 e. The lowest BCUT2D eigenvalue weighted by atomic mass is 10.1. The van der Waals surface area contributed by atoms with Crippen LogP contribution in [-0.2, 0) is 20.3 Å². The van der Waals surface area contributed by atoms with Gasteiger partial charge in [-0.1, -0.05) is 37.0 Å². The Bertz CT molecular complexity index is 533. The molecular formula is C17H22O3S. The normalized spacial score (nSPS) is 18.0. The van der Waals surface area contributed by atoms with Gasteiger partial charge in [0.2, 0.25) is 0 Å². The summed E-state index contributed by atoms with van der Waals surface area (Å²) in [5.41, 5.74) is 1.15. The molecule has 1 aromatic rings. The van der Waals surface area contributed by atoms with Gasteiger partial charge >= 0.3 is 0 Å². The molecule has 1 aliphatic heterocycles. The van der Waals surface area contributed by atoms with Gasteiger partial charge in [-0.3, -0.25) is 0 Å². The zero-order valence-electron chi connectivity index (χ0n) is 12.7. The van der Waals surface area contributed by atoms with Crippen LogP contribution in [-0.4, -0.2) is 23.2 Å². The van der Waals surface area contributed by atoms with Gasteiger partial charge in [0.05, 0.1) is 18.1 Å². The maximum atomic E-state index is 12.0. The predicted octanol–water partition coefficient (Wildman–Crippen LogP) is 3.39. The third-order valence-corrected chi connectivity index (χ3v) is 4.51. The molecule has 0 radical (unpaired) electrons. The molecule has 21 heavy (non-hydrogen) atoms. The van der Waals surface area contributed by atoms with Crippen molar-refractivity contribution in [2.24, 2.45) is 0 Å². The Kier molecular flexibility index (Phi) is 5.98. The highest BCUT2D eigenvalue weighted by molar-refractivity contribution is 7.89. The van der Waals surface area contributed by atoms with Crippen LogP contribution >= 0.6 is 0 Å². The maximum Gasteiger partial charge on any atom is 0.169 e. The number of hydrogen-bond acceptors (Lipinski definition) is 3. The second kappa shape index (κ2) is 7.74. The zero-order valence-corrected chi connectivity index (χ0v) is 13.5. The van der Waals surface area contributed by atoms with Crippen LogP contribution in [0.5, 0.6) is 0 Å². The minimum Gasteiger partial charge on any atom is -0.348 e. The van der Waals surface area contributed by atoms with E-state index < -0.39 is 16.6 Å². The van der Waals surface area contributed by atoms with Crippen LogP contribution in [0.1, 0.15) is 38.2 Å². The van der Waals surface area contributed by atoms with Crippen LogP contribution in [0, 0.1) is 18.1 Å². The van der Waals surface area contributed by atoms with Crippen molar-refractivity contribution in [1.29, 1.82) is 0 Å². The van der Waals surface area contributed by atoms with Gasteiger partial charge in [0.15, 0.2) is 5.79 Å². The molecule has 1 aliphatic rings. The molecule has 0 aromatic heterocycles. The summed E-state index contributed by atoms with van der Waals surface area (Å²) < 4.78 is 23.5. The van der Waals surface area contributed by atoms with E-state index in [9.17, 15) is 4.21 Å². The first-order valence-electron chi connectivity index (χ1n) is 7.40. The molecule has 4 heteroatoms. The van der Waals surface area contributed by atoms with Crippen LogP contribution in [0.4, 0.5) is 0 Å². The number of hydrogen-bond donors (Lipinski definition) is 0. The molecule has 1 saturated heterocycles. The SMILES string of the molecule is CCCC1(CCC#C[S@@](=O)c2ccc(C)cc2)OCCO1. The largest absolute Gasteiger partial charge is 0.348 e. The molecule has 114 valence electrons. The van der Waals surface area contributed by atoms with Crippen molar-refractivity contribution in [3.63, 3.8) is 0 Å². The summed E-state index contributed by atoms with van der Waals surface area (Å²) in [6.45, 7) is 5.43. The molecule has 3 nitrogen and oxygen atoms in total. The first kappa shape index (κ1) is 16.2. The van der Waals surface area contributed by atoms with Gasteiger partial charge in [0.1, 0.15) is 10.8 Å². The molecule has 1 heterocycles. The first-order valence-corrected chi connectivity index (χ1v) is 8.55. The molecule has 1 fully saturated rings. The number of rotatable bonds is 5. The molecule has 0 N–H and O–H groups in total. The molecular weight excluding hydrogens is 284 g/mol. The quantitative estimate of drug-likeness (QED) is 0.782. The third-order valence-electron chi connectivity index (χ3n) is 3.48. The zero-order chi connectivity index (χ0) is 15.1. The Morgan fingerprint density at radius 3 is 2.48 bits per heavy atom. The van der Waals surface area contributed by atoms with E-state index in [1.807, 2.05) is 31.2 Å². The van der Waals surface area contributed by atoms with E-state index in [1.54, 1.807) is 0 Å².